The van der Waals surface area contributed by atoms with Gasteiger partial charge < -0.3 is 10.1 Å². The molecule has 0 amide bonds. The molecule has 0 spiro atoms. The number of aryl methyl sites for hydroxylation is 1. The van der Waals surface area contributed by atoms with Gasteiger partial charge in [-0.25, -0.2) is 0 Å². The van der Waals surface area contributed by atoms with Gasteiger partial charge in [-0.2, -0.15) is 0 Å². The quantitative estimate of drug-likeness (QED) is 0.750. The smallest absolute Gasteiger partial charge is 0.325 e. The molecule has 3 nitrogen and oxygen atoms in total. The normalized spacial score (nSPS) is 9.88. The molecule has 0 bridgehead atoms. The molecule has 0 aliphatic rings. The van der Waals surface area contributed by atoms with E-state index in [1.54, 1.807) is 0 Å². The lowest BCUT2D eigenvalue weighted by Gasteiger charge is -2.06. The number of ether oxygens (including phenoxy) is 1. The van der Waals surface area contributed by atoms with Crippen LogP contribution >= 0.6 is 0 Å². The molecule has 0 atom stereocenters. The van der Waals surface area contributed by atoms with E-state index in [0.29, 0.717) is 0 Å². The van der Waals surface area contributed by atoms with Crippen LogP contribution in [0.2, 0.25) is 0 Å². The number of hydrogen-bond acceptors (Lipinski definition) is 3. The third-order valence-corrected chi connectivity index (χ3v) is 2.44. The molecule has 0 aliphatic heterocycles. The highest BCUT2D eigenvalue weighted by Gasteiger charge is 1.99. The number of methoxy groups -OCH3 is 1. The van der Waals surface area contributed by atoms with Crippen molar-refractivity contribution in [1.82, 2.24) is 0 Å². The molecule has 0 saturated heterocycles. The Morgan fingerprint density at radius 3 is 2.56 bits per heavy atom. The molecule has 0 radical (unpaired) electrons. The van der Waals surface area contributed by atoms with E-state index in [1.165, 1.54) is 25.5 Å². The van der Waals surface area contributed by atoms with E-state index < -0.39 is 0 Å². The van der Waals surface area contributed by atoms with Crippen molar-refractivity contribution in [2.45, 2.75) is 26.2 Å². The highest BCUT2D eigenvalue weighted by molar-refractivity contribution is 5.74. The molecule has 3 heteroatoms. The second kappa shape index (κ2) is 6.88. The zero-order chi connectivity index (χ0) is 11.8. The largest absolute Gasteiger partial charge is 0.468 e. The Morgan fingerprint density at radius 2 is 2.00 bits per heavy atom. The van der Waals surface area contributed by atoms with Gasteiger partial charge in [-0.15, -0.1) is 0 Å². The highest BCUT2D eigenvalue weighted by Crippen LogP contribution is 2.11. The first-order valence-electron chi connectivity index (χ1n) is 5.66. The van der Waals surface area contributed by atoms with E-state index in [4.69, 9.17) is 0 Å². The molecular weight excluding hydrogens is 202 g/mol. The van der Waals surface area contributed by atoms with Gasteiger partial charge in [0.15, 0.2) is 0 Å². The van der Waals surface area contributed by atoms with Crippen LogP contribution in [0.15, 0.2) is 24.3 Å². The number of unbranched alkanes of at least 4 members (excludes halogenated alkanes) is 1. The molecule has 0 aromatic heterocycles. The number of nitrogens with one attached hydrogen (secondary N) is 1. The van der Waals surface area contributed by atoms with Crippen molar-refractivity contribution in [1.29, 1.82) is 0 Å². The van der Waals surface area contributed by atoms with Gasteiger partial charge in [-0.1, -0.05) is 25.5 Å². The first-order chi connectivity index (χ1) is 7.76. The average Bonchev–Trinajstić information content (AvgIpc) is 2.34. The third-order valence-electron chi connectivity index (χ3n) is 2.44. The topological polar surface area (TPSA) is 38.3 Å². The third kappa shape index (κ3) is 4.34. The Morgan fingerprint density at radius 1 is 1.31 bits per heavy atom. The first-order valence-corrected chi connectivity index (χ1v) is 5.66. The lowest BCUT2D eigenvalue weighted by Crippen LogP contribution is -2.14. The average molecular weight is 221 g/mol. The number of carbonyl (C=O) groups excluding carboxylic acids is 1. The Bertz CT molecular complexity index is 319. The molecule has 0 aliphatic carbocycles. The molecule has 88 valence electrons. The van der Waals surface area contributed by atoms with Gasteiger partial charge in [0, 0.05) is 5.69 Å². The van der Waals surface area contributed by atoms with Crippen LogP contribution in [0.3, 0.4) is 0 Å². The Hall–Kier alpha value is -1.51. The summed E-state index contributed by atoms with van der Waals surface area (Å²) in [5.41, 5.74) is 2.29. The molecule has 1 aromatic rings. The summed E-state index contributed by atoms with van der Waals surface area (Å²) in [4.78, 5) is 10.9. The van der Waals surface area contributed by atoms with E-state index in [1.807, 2.05) is 12.1 Å². The second-order valence-corrected chi connectivity index (χ2v) is 3.73. The lowest BCUT2D eigenvalue weighted by atomic mass is 10.1. The molecule has 0 saturated carbocycles. The van der Waals surface area contributed by atoms with Gasteiger partial charge in [0.2, 0.25) is 0 Å². The summed E-state index contributed by atoms with van der Waals surface area (Å²) in [5.74, 6) is -0.255. The molecule has 0 fully saturated rings. The summed E-state index contributed by atoms with van der Waals surface area (Å²) in [6.45, 7) is 2.40. The van der Waals surface area contributed by atoms with E-state index in [-0.39, 0.29) is 12.5 Å². The number of anilines is 1. The van der Waals surface area contributed by atoms with Crippen molar-refractivity contribution in [3.8, 4) is 0 Å². The maximum Gasteiger partial charge on any atom is 0.325 e. The molecule has 16 heavy (non-hydrogen) atoms. The van der Waals surface area contributed by atoms with Crippen molar-refractivity contribution in [2.24, 2.45) is 0 Å². The minimum Gasteiger partial charge on any atom is -0.468 e. The van der Waals surface area contributed by atoms with Crippen LogP contribution in [0, 0.1) is 0 Å². The molecule has 1 rings (SSSR count). The van der Waals surface area contributed by atoms with Crippen LogP contribution in [0.25, 0.3) is 0 Å². The summed E-state index contributed by atoms with van der Waals surface area (Å²) in [6, 6.07) is 8.17. The van der Waals surface area contributed by atoms with Crippen LogP contribution in [0.1, 0.15) is 25.3 Å². The number of carbonyl (C=O) groups is 1. The van der Waals surface area contributed by atoms with Gasteiger partial charge in [0.1, 0.15) is 6.54 Å². The first kappa shape index (κ1) is 12.6. The summed E-state index contributed by atoms with van der Waals surface area (Å²) in [7, 11) is 1.39. The minimum absolute atomic E-state index is 0.213. The van der Waals surface area contributed by atoms with Crippen molar-refractivity contribution >= 4 is 11.7 Å². The number of esters is 1. The molecule has 1 N–H and O–H groups in total. The zero-order valence-corrected chi connectivity index (χ0v) is 9.95. The maximum atomic E-state index is 10.9. The maximum absolute atomic E-state index is 10.9. The highest BCUT2D eigenvalue weighted by atomic mass is 16.5. The Kier molecular flexibility index (Phi) is 5.40. The van der Waals surface area contributed by atoms with Crippen LogP contribution < -0.4 is 5.32 Å². The fourth-order valence-corrected chi connectivity index (χ4v) is 1.42. The SMILES string of the molecule is CCCCc1ccc(NCC(=O)OC)cc1. The summed E-state index contributed by atoms with van der Waals surface area (Å²) >= 11 is 0. The van der Waals surface area contributed by atoms with Crippen LogP contribution in [-0.4, -0.2) is 19.6 Å². The predicted octanol–water partition coefficient (Wildman–Crippen LogP) is 2.61. The number of hydrogen-bond donors (Lipinski definition) is 1. The van der Waals surface area contributed by atoms with Crippen molar-refractivity contribution in [3.63, 3.8) is 0 Å². The minimum atomic E-state index is -0.255. The molecule has 0 heterocycles. The van der Waals surface area contributed by atoms with Gasteiger partial charge in [0.25, 0.3) is 0 Å². The monoisotopic (exact) mass is 221 g/mol. The summed E-state index contributed by atoms with van der Waals surface area (Å²) < 4.78 is 4.55. The Balaban J connectivity index is 2.41. The predicted molar refractivity (Wildman–Crippen MR) is 65.6 cm³/mol. The summed E-state index contributed by atoms with van der Waals surface area (Å²) in [5, 5.41) is 3.00. The van der Waals surface area contributed by atoms with E-state index >= 15 is 0 Å². The number of rotatable bonds is 6. The zero-order valence-electron chi connectivity index (χ0n) is 9.95. The van der Waals surface area contributed by atoms with Crippen LogP contribution in [-0.2, 0) is 16.0 Å². The van der Waals surface area contributed by atoms with Gasteiger partial charge >= 0.3 is 5.97 Å². The van der Waals surface area contributed by atoms with Gasteiger partial charge in [-0.3, -0.25) is 4.79 Å². The fraction of sp³-hybridized carbons (Fsp3) is 0.462. The van der Waals surface area contributed by atoms with E-state index in [9.17, 15) is 4.79 Å². The van der Waals surface area contributed by atoms with Crippen molar-refractivity contribution in [2.75, 3.05) is 19.0 Å². The standard InChI is InChI=1S/C13H19NO2/c1-3-4-5-11-6-8-12(9-7-11)14-10-13(15)16-2/h6-9,14H,3-5,10H2,1-2H3. The number of benzene rings is 1. The lowest BCUT2D eigenvalue weighted by molar-refractivity contribution is -0.138. The van der Waals surface area contributed by atoms with E-state index in [0.717, 1.165) is 12.1 Å². The van der Waals surface area contributed by atoms with Crippen LogP contribution in [0.5, 0.6) is 0 Å². The van der Waals surface area contributed by atoms with Crippen LogP contribution in [0.4, 0.5) is 5.69 Å². The van der Waals surface area contributed by atoms with E-state index in [2.05, 4.69) is 29.1 Å². The van der Waals surface area contributed by atoms with Gasteiger partial charge in [-0.05, 0) is 30.5 Å². The van der Waals surface area contributed by atoms with Crippen molar-refractivity contribution < 1.29 is 9.53 Å². The van der Waals surface area contributed by atoms with Gasteiger partial charge in [0.05, 0.1) is 7.11 Å². The molecule has 0 unspecified atom stereocenters. The summed E-state index contributed by atoms with van der Waals surface area (Å²) in [6.07, 6.45) is 3.55. The fourth-order valence-electron chi connectivity index (χ4n) is 1.42. The second-order valence-electron chi connectivity index (χ2n) is 3.73. The molecular formula is C13H19NO2. The molecule has 1 aromatic carbocycles. The van der Waals surface area contributed by atoms with Crippen molar-refractivity contribution in [3.05, 3.63) is 29.8 Å². The Labute approximate surface area is 96.8 Å².